The molecule has 0 amide bonds. The van der Waals surface area contributed by atoms with E-state index in [2.05, 4.69) is 45.0 Å². The lowest BCUT2D eigenvalue weighted by molar-refractivity contribution is -0.139. The highest BCUT2D eigenvalue weighted by Gasteiger charge is 2.35. The van der Waals surface area contributed by atoms with Gasteiger partial charge in [0.05, 0.1) is 29.9 Å². The SMILES string of the molecule is N#Cc1ccc(OCC(N)CN2CC3CN(CCn4cccc4)CC(C2)O3)cc1. The molecule has 2 aromatic rings. The second-order valence-electron chi connectivity index (χ2n) is 7.99. The number of hydrogen-bond acceptors (Lipinski definition) is 6. The van der Waals surface area contributed by atoms with Gasteiger partial charge in [0.1, 0.15) is 12.4 Å². The van der Waals surface area contributed by atoms with E-state index in [1.165, 1.54) is 0 Å². The van der Waals surface area contributed by atoms with Crippen LogP contribution in [0.1, 0.15) is 5.56 Å². The largest absolute Gasteiger partial charge is 0.492 e. The molecule has 0 saturated carbocycles. The Kier molecular flexibility index (Phi) is 6.47. The van der Waals surface area contributed by atoms with E-state index in [1.54, 1.807) is 12.1 Å². The zero-order chi connectivity index (χ0) is 20.1. The van der Waals surface area contributed by atoms with Gasteiger partial charge in [-0.25, -0.2) is 0 Å². The Morgan fingerprint density at radius 2 is 1.69 bits per heavy atom. The molecule has 2 aliphatic heterocycles. The predicted octanol–water partition coefficient (Wildman–Crippen LogP) is 1.15. The van der Waals surface area contributed by atoms with Crippen molar-refractivity contribution < 1.29 is 9.47 Å². The summed E-state index contributed by atoms with van der Waals surface area (Å²) in [5.74, 6) is 0.747. The second kappa shape index (κ2) is 9.42. The fourth-order valence-electron chi connectivity index (χ4n) is 4.18. The van der Waals surface area contributed by atoms with Gasteiger partial charge in [-0.1, -0.05) is 0 Å². The van der Waals surface area contributed by atoms with E-state index < -0.39 is 0 Å². The Labute approximate surface area is 172 Å². The number of nitrogens with two attached hydrogens (primary N) is 1. The summed E-state index contributed by atoms with van der Waals surface area (Å²) < 4.78 is 14.2. The van der Waals surface area contributed by atoms with Gasteiger partial charge in [-0.2, -0.15) is 5.26 Å². The van der Waals surface area contributed by atoms with Crippen molar-refractivity contribution in [2.75, 3.05) is 45.9 Å². The number of nitriles is 1. The highest BCUT2D eigenvalue weighted by Crippen LogP contribution is 2.19. The first kappa shape index (κ1) is 19.9. The fraction of sp³-hybridized carbons (Fsp3) is 0.500. The van der Waals surface area contributed by atoms with Crippen molar-refractivity contribution in [3.8, 4) is 11.8 Å². The van der Waals surface area contributed by atoms with Crippen LogP contribution in [0, 0.1) is 11.3 Å². The van der Waals surface area contributed by atoms with Crippen LogP contribution in [-0.4, -0.2) is 78.5 Å². The zero-order valence-electron chi connectivity index (χ0n) is 16.7. The molecule has 29 heavy (non-hydrogen) atoms. The van der Waals surface area contributed by atoms with Crippen LogP contribution in [0.5, 0.6) is 5.75 Å². The molecule has 1 aromatic heterocycles. The first-order valence-electron chi connectivity index (χ1n) is 10.3. The number of hydrogen-bond donors (Lipinski definition) is 1. The van der Waals surface area contributed by atoms with E-state index in [1.807, 2.05) is 12.1 Å². The molecule has 2 bridgehead atoms. The van der Waals surface area contributed by atoms with E-state index in [-0.39, 0.29) is 18.2 Å². The van der Waals surface area contributed by atoms with Crippen LogP contribution in [0.2, 0.25) is 0 Å². The van der Waals surface area contributed by atoms with Crippen LogP contribution in [-0.2, 0) is 11.3 Å². The molecular weight excluding hydrogens is 366 g/mol. The van der Waals surface area contributed by atoms with Crippen LogP contribution in [0.25, 0.3) is 0 Å². The molecule has 2 saturated heterocycles. The molecule has 2 fully saturated rings. The van der Waals surface area contributed by atoms with Gasteiger partial charge in [-0.15, -0.1) is 0 Å². The van der Waals surface area contributed by atoms with Gasteiger partial charge in [0.2, 0.25) is 0 Å². The molecule has 0 aliphatic carbocycles. The smallest absolute Gasteiger partial charge is 0.119 e. The van der Waals surface area contributed by atoms with Crippen molar-refractivity contribution in [1.82, 2.24) is 14.4 Å². The number of morpholine rings is 2. The minimum Gasteiger partial charge on any atom is -0.492 e. The molecule has 3 heterocycles. The summed E-state index contributed by atoms with van der Waals surface area (Å²) >= 11 is 0. The number of nitrogens with zero attached hydrogens (tertiary/aromatic N) is 4. The molecule has 2 N–H and O–H groups in total. The summed E-state index contributed by atoms with van der Waals surface area (Å²) in [5, 5.41) is 8.86. The summed E-state index contributed by atoms with van der Waals surface area (Å²) in [4.78, 5) is 4.93. The summed E-state index contributed by atoms with van der Waals surface area (Å²) in [6, 6.07) is 13.3. The third kappa shape index (κ3) is 5.58. The summed E-state index contributed by atoms with van der Waals surface area (Å²) in [6.07, 6.45) is 4.73. The first-order chi connectivity index (χ1) is 14.2. The van der Waals surface area contributed by atoms with Crippen LogP contribution in [0.15, 0.2) is 48.8 Å². The molecular formula is C22H29N5O2. The highest BCUT2D eigenvalue weighted by atomic mass is 16.5. The maximum Gasteiger partial charge on any atom is 0.119 e. The van der Waals surface area contributed by atoms with E-state index in [0.717, 1.165) is 51.6 Å². The van der Waals surface area contributed by atoms with E-state index in [9.17, 15) is 0 Å². The quantitative estimate of drug-likeness (QED) is 0.722. The summed E-state index contributed by atoms with van der Waals surface area (Å²) in [6.45, 7) is 7.13. The summed E-state index contributed by atoms with van der Waals surface area (Å²) in [5.41, 5.74) is 6.94. The van der Waals surface area contributed by atoms with Crippen LogP contribution in [0.3, 0.4) is 0 Å². The molecule has 0 spiro atoms. The topological polar surface area (TPSA) is 79.7 Å². The lowest BCUT2D eigenvalue weighted by Gasteiger charge is -2.46. The monoisotopic (exact) mass is 395 g/mol. The van der Waals surface area contributed by atoms with Gasteiger partial charge in [0, 0.05) is 58.2 Å². The molecule has 0 radical (unpaired) electrons. The lowest BCUT2D eigenvalue weighted by Crippen LogP contribution is -2.61. The van der Waals surface area contributed by atoms with Gasteiger partial charge < -0.3 is 19.8 Å². The molecule has 1 aromatic carbocycles. The highest BCUT2D eigenvalue weighted by molar-refractivity contribution is 5.34. The van der Waals surface area contributed by atoms with Crippen LogP contribution >= 0.6 is 0 Å². The maximum absolute atomic E-state index is 8.86. The second-order valence-corrected chi connectivity index (χ2v) is 7.99. The maximum atomic E-state index is 8.86. The van der Waals surface area contributed by atoms with Gasteiger partial charge >= 0.3 is 0 Å². The molecule has 7 heteroatoms. The molecule has 3 unspecified atom stereocenters. The fourth-order valence-corrected chi connectivity index (χ4v) is 4.18. The first-order valence-corrected chi connectivity index (χ1v) is 10.3. The van der Waals surface area contributed by atoms with Crippen molar-refractivity contribution in [2.24, 2.45) is 5.73 Å². The number of benzene rings is 1. The zero-order valence-corrected chi connectivity index (χ0v) is 16.7. The third-order valence-corrected chi connectivity index (χ3v) is 5.51. The average molecular weight is 396 g/mol. The van der Waals surface area contributed by atoms with Crippen molar-refractivity contribution >= 4 is 0 Å². The summed E-state index contributed by atoms with van der Waals surface area (Å²) in [7, 11) is 0. The number of fused-ring (bicyclic) bond motifs is 2. The molecule has 2 aliphatic rings. The number of rotatable bonds is 8. The Hall–Kier alpha value is -2.37. The molecule has 3 atom stereocenters. The van der Waals surface area contributed by atoms with Gasteiger partial charge in [-0.3, -0.25) is 9.80 Å². The van der Waals surface area contributed by atoms with Crippen molar-refractivity contribution in [3.63, 3.8) is 0 Å². The van der Waals surface area contributed by atoms with E-state index >= 15 is 0 Å². The molecule has 4 rings (SSSR count). The van der Waals surface area contributed by atoms with E-state index in [4.69, 9.17) is 20.5 Å². The average Bonchev–Trinajstić information content (AvgIpc) is 3.24. The normalized spacial score (nSPS) is 23.4. The van der Waals surface area contributed by atoms with Crippen molar-refractivity contribution in [1.29, 1.82) is 5.26 Å². The van der Waals surface area contributed by atoms with Gasteiger partial charge in [0.25, 0.3) is 0 Å². The third-order valence-electron chi connectivity index (χ3n) is 5.51. The van der Waals surface area contributed by atoms with Crippen LogP contribution < -0.4 is 10.5 Å². The minimum atomic E-state index is -0.0608. The number of aromatic nitrogens is 1. The lowest BCUT2D eigenvalue weighted by atomic mass is 10.1. The number of ether oxygens (including phenoxy) is 2. The predicted molar refractivity (Wildman–Crippen MR) is 111 cm³/mol. The van der Waals surface area contributed by atoms with Gasteiger partial charge in [0.15, 0.2) is 0 Å². The van der Waals surface area contributed by atoms with Crippen LogP contribution in [0.4, 0.5) is 0 Å². The minimum absolute atomic E-state index is 0.0608. The standard InChI is InChI=1S/C22H29N5O2/c23-11-18-3-5-20(6-4-18)28-17-19(24)12-27-15-21-13-26(14-22(16-27)29-21)10-9-25-7-1-2-8-25/h1-8,19,21-22H,9-10,12-17,24H2. The Bertz CT molecular complexity index is 788. The van der Waals surface area contributed by atoms with Crippen molar-refractivity contribution in [3.05, 3.63) is 54.4 Å². The Morgan fingerprint density at radius 3 is 2.34 bits per heavy atom. The molecule has 7 nitrogen and oxygen atoms in total. The van der Waals surface area contributed by atoms with Crippen molar-refractivity contribution in [2.45, 2.75) is 24.8 Å². The van der Waals surface area contributed by atoms with E-state index in [0.29, 0.717) is 12.2 Å². The van der Waals surface area contributed by atoms with Gasteiger partial charge in [-0.05, 0) is 36.4 Å². The Balaban J connectivity index is 1.19. The Morgan fingerprint density at radius 1 is 1.03 bits per heavy atom. The molecule has 154 valence electrons.